The predicted octanol–water partition coefficient (Wildman–Crippen LogP) is 0.680. The Morgan fingerprint density at radius 1 is 1.00 bits per heavy atom. The summed E-state index contributed by atoms with van der Waals surface area (Å²) >= 11 is 0. The Hall–Kier alpha value is -1.44. The van der Waals surface area contributed by atoms with Crippen LogP contribution in [0.2, 0.25) is 0 Å². The molecule has 1 rings (SSSR count). The summed E-state index contributed by atoms with van der Waals surface area (Å²) in [6.07, 6.45) is 0.719. The van der Waals surface area contributed by atoms with Crippen molar-refractivity contribution < 1.29 is 18.9 Å². The van der Waals surface area contributed by atoms with Gasteiger partial charge >= 0.3 is 0 Å². The van der Waals surface area contributed by atoms with E-state index in [0.717, 1.165) is 6.42 Å². The highest BCUT2D eigenvalue weighted by Gasteiger charge is 2.02. The quantitative estimate of drug-likeness (QED) is 0.598. The monoisotopic (exact) mass is 285 g/mol. The van der Waals surface area contributed by atoms with Crippen molar-refractivity contribution in [1.29, 1.82) is 0 Å². The van der Waals surface area contributed by atoms with Crippen molar-refractivity contribution in [1.82, 2.24) is 9.97 Å². The molecule has 0 saturated carbocycles. The van der Waals surface area contributed by atoms with Gasteiger partial charge < -0.3 is 24.7 Å². The van der Waals surface area contributed by atoms with E-state index < -0.39 is 0 Å². The van der Waals surface area contributed by atoms with Gasteiger partial charge in [0.1, 0.15) is 18.2 Å². The van der Waals surface area contributed by atoms with E-state index in [-0.39, 0.29) is 0 Å². The third-order valence-corrected chi connectivity index (χ3v) is 2.37. The predicted molar refractivity (Wildman–Crippen MR) is 74.8 cm³/mol. The molecule has 0 fully saturated rings. The van der Waals surface area contributed by atoms with E-state index in [9.17, 15) is 0 Å². The average Bonchev–Trinajstić information content (AvgIpc) is 2.45. The van der Waals surface area contributed by atoms with Gasteiger partial charge in [0.05, 0.1) is 33.0 Å². The van der Waals surface area contributed by atoms with Gasteiger partial charge in [-0.25, -0.2) is 4.98 Å². The molecule has 1 heterocycles. The zero-order valence-electron chi connectivity index (χ0n) is 12.1. The molecule has 0 aliphatic heterocycles. The molecule has 0 bridgehead atoms. The zero-order valence-corrected chi connectivity index (χ0v) is 12.1. The molecule has 114 valence electrons. The van der Waals surface area contributed by atoms with Crippen LogP contribution in [0.4, 0.5) is 5.82 Å². The maximum absolute atomic E-state index is 5.66. The van der Waals surface area contributed by atoms with Crippen LogP contribution in [0.1, 0.15) is 12.7 Å². The number of anilines is 1. The van der Waals surface area contributed by atoms with Crippen molar-refractivity contribution in [3.05, 3.63) is 11.9 Å². The number of hydrogen-bond donors (Lipinski definition) is 1. The van der Waals surface area contributed by atoms with Gasteiger partial charge in [-0.15, -0.1) is 0 Å². The zero-order chi connectivity index (χ0) is 14.6. The molecule has 1 aromatic rings. The largest absolute Gasteiger partial charge is 0.475 e. The molecule has 0 amide bonds. The van der Waals surface area contributed by atoms with Crippen LogP contribution in [-0.2, 0) is 20.6 Å². The number of aryl methyl sites for hydroxylation is 1. The van der Waals surface area contributed by atoms with Gasteiger partial charge in [0.25, 0.3) is 0 Å². The van der Waals surface area contributed by atoms with E-state index in [2.05, 4.69) is 9.97 Å². The lowest BCUT2D eigenvalue weighted by atomic mass is 10.4. The minimum absolute atomic E-state index is 0.414. The van der Waals surface area contributed by atoms with Crippen LogP contribution in [0.15, 0.2) is 6.07 Å². The Bertz CT molecular complexity index is 377. The summed E-state index contributed by atoms with van der Waals surface area (Å²) in [5.41, 5.74) is 5.66. The van der Waals surface area contributed by atoms with Crippen LogP contribution in [-0.4, -0.2) is 56.7 Å². The summed E-state index contributed by atoms with van der Waals surface area (Å²) in [5, 5.41) is 0. The van der Waals surface area contributed by atoms with Crippen molar-refractivity contribution in [2.75, 3.05) is 52.5 Å². The summed E-state index contributed by atoms with van der Waals surface area (Å²) < 4.78 is 20.9. The Balaban J connectivity index is 2.08. The summed E-state index contributed by atoms with van der Waals surface area (Å²) in [4.78, 5) is 8.29. The molecule has 1 aromatic heterocycles. The second-order valence-electron chi connectivity index (χ2n) is 3.97. The molecule has 0 saturated heterocycles. The van der Waals surface area contributed by atoms with Crippen LogP contribution in [0.5, 0.6) is 5.88 Å². The first-order valence-corrected chi connectivity index (χ1v) is 6.67. The van der Waals surface area contributed by atoms with Crippen LogP contribution in [0.3, 0.4) is 0 Å². The fourth-order valence-electron chi connectivity index (χ4n) is 1.39. The second kappa shape index (κ2) is 10.4. The van der Waals surface area contributed by atoms with E-state index in [4.69, 9.17) is 24.7 Å². The number of rotatable bonds is 11. The van der Waals surface area contributed by atoms with Gasteiger partial charge in [-0.1, -0.05) is 6.92 Å². The van der Waals surface area contributed by atoms with E-state index in [0.29, 0.717) is 57.2 Å². The van der Waals surface area contributed by atoms with Crippen LogP contribution >= 0.6 is 0 Å². The van der Waals surface area contributed by atoms with E-state index in [1.54, 1.807) is 13.2 Å². The Morgan fingerprint density at radius 2 is 1.65 bits per heavy atom. The van der Waals surface area contributed by atoms with Gasteiger partial charge in [-0.2, -0.15) is 4.98 Å². The molecular weight excluding hydrogens is 262 g/mol. The van der Waals surface area contributed by atoms with Crippen LogP contribution in [0.25, 0.3) is 0 Å². The smallest absolute Gasteiger partial charge is 0.218 e. The molecule has 20 heavy (non-hydrogen) atoms. The summed E-state index contributed by atoms with van der Waals surface area (Å²) in [5.74, 6) is 1.57. The van der Waals surface area contributed by atoms with Gasteiger partial charge in [0.15, 0.2) is 0 Å². The number of aromatic nitrogens is 2. The molecule has 0 atom stereocenters. The summed E-state index contributed by atoms with van der Waals surface area (Å²) in [6, 6.07) is 1.60. The number of nitrogens with two attached hydrogens (primary N) is 1. The molecule has 0 aromatic carbocycles. The lowest BCUT2D eigenvalue weighted by Crippen LogP contribution is -2.13. The van der Waals surface area contributed by atoms with E-state index in [1.807, 2.05) is 6.92 Å². The minimum atomic E-state index is 0.414. The van der Waals surface area contributed by atoms with Crippen LogP contribution in [0, 0.1) is 0 Å². The third kappa shape index (κ3) is 7.22. The van der Waals surface area contributed by atoms with Gasteiger partial charge in [-0.3, -0.25) is 0 Å². The molecule has 2 N–H and O–H groups in total. The van der Waals surface area contributed by atoms with Crippen molar-refractivity contribution in [2.45, 2.75) is 13.3 Å². The lowest BCUT2D eigenvalue weighted by Gasteiger charge is -2.08. The number of nitrogens with zero attached hydrogens (tertiary/aromatic N) is 2. The van der Waals surface area contributed by atoms with Gasteiger partial charge in [-0.05, 0) is 0 Å². The first kappa shape index (κ1) is 16.6. The van der Waals surface area contributed by atoms with Gasteiger partial charge in [0.2, 0.25) is 5.88 Å². The number of methoxy groups -OCH3 is 1. The molecular formula is C13H23N3O4. The Kier molecular flexibility index (Phi) is 8.61. The fourth-order valence-corrected chi connectivity index (χ4v) is 1.39. The highest BCUT2D eigenvalue weighted by atomic mass is 16.6. The third-order valence-electron chi connectivity index (χ3n) is 2.37. The molecule has 0 aliphatic carbocycles. The van der Waals surface area contributed by atoms with Crippen molar-refractivity contribution >= 4 is 5.82 Å². The van der Waals surface area contributed by atoms with Crippen LogP contribution < -0.4 is 10.5 Å². The second-order valence-corrected chi connectivity index (χ2v) is 3.97. The SMILES string of the molecule is CCc1nc(N)cc(OCCOCCOCCOC)n1. The first-order valence-electron chi connectivity index (χ1n) is 6.67. The van der Waals surface area contributed by atoms with Crippen molar-refractivity contribution in [2.24, 2.45) is 0 Å². The standard InChI is InChI=1S/C13H23N3O4/c1-3-12-15-11(14)10-13(16-12)20-9-8-19-7-6-18-5-4-17-2/h10H,3-9H2,1-2H3,(H2,14,15,16). The molecule has 7 nitrogen and oxygen atoms in total. The van der Waals surface area contributed by atoms with Crippen molar-refractivity contribution in [3.63, 3.8) is 0 Å². The Morgan fingerprint density at radius 3 is 2.30 bits per heavy atom. The lowest BCUT2D eigenvalue weighted by molar-refractivity contribution is 0.0176. The fraction of sp³-hybridized carbons (Fsp3) is 0.692. The molecule has 0 unspecified atom stereocenters. The first-order chi connectivity index (χ1) is 9.76. The molecule has 0 aliphatic rings. The summed E-state index contributed by atoms with van der Waals surface area (Å²) in [7, 11) is 1.64. The number of nitrogen functional groups attached to an aromatic ring is 1. The minimum Gasteiger partial charge on any atom is -0.475 e. The maximum atomic E-state index is 5.66. The topological polar surface area (TPSA) is 88.7 Å². The maximum Gasteiger partial charge on any atom is 0.218 e. The van der Waals surface area contributed by atoms with Gasteiger partial charge in [0, 0.05) is 19.6 Å². The average molecular weight is 285 g/mol. The Labute approximate surface area is 119 Å². The van der Waals surface area contributed by atoms with Crippen molar-refractivity contribution in [3.8, 4) is 5.88 Å². The van der Waals surface area contributed by atoms with E-state index >= 15 is 0 Å². The highest BCUT2D eigenvalue weighted by Crippen LogP contribution is 2.10. The molecule has 0 spiro atoms. The summed E-state index contributed by atoms with van der Waals surface area (Å²) in [6.45, 7) is 5.10. The van der Waals surface area contributed by atoms with E-state index in [1.165, 1.54) is 0 Å². The molecule has 7 heteroatoms. The highest BCUT2D eigenvalue weighted by molar-refractivity contribution is 5.32. The number of hydrogen-bond acceptors (Lipinski definition) is 7. The molecule has 0 radical (unpaired) electrons. The normalized spacial score (nSPS) is 10.7. The number of ether oxygens (including phenoxy) is 4.